The summed E-state index contributed by atoms with van der Waals surface area (Å²) in [5.74, 6) is -1.23. The molecule has 104 valence electrons. The van der Waals surface area contributed by atoms with Crippen molar-refractivity contribution in [2.75, 3.05) is 0 Å². The van der Waals surface area contributed by atoms with E-state index in [0.29, 0.717) is 5.56 Å². The Kier molecular flexibility index (Phi) is 4.92. The fourth-order valence-electron chi connectivity index (χ4n) is 1.55. The SMILES string of the molecule is CC(C)(C)OC(=O)N[C@@H](CC(=O)[O-])c1ccccc1. The molecular weight excluding hydrogens is 246 g/mol. The number of alkyl carbamates (subject to hydrolysis) is 1. The minimum atomic E-state index is -1.23. The molecule has 0 saturated carbocycles. The van der Waals surface area contributed by atoms with Crippen LogP contribution in [0.4, 0.5) is 4.79 Å². The third-order valence-corrected chi connectivity index (χ3v) is 2.26. The number of aliphatic carboxylic acids is 1. The zero-order valence-corrected chi connectivity index (χ0v) is 11.3. The molecule has 0 fully saturated rings. The first-order valence-corrected chi connectivity index (χ1v) is 6.02. The second kappa shape index (κ2) is 6.22. The number of rotatable bonds is 4. The number of nitrogens with one attached hydrogen (secondary N) is 1. The fraction of sp³-hybridized carbons (Fsp3) is 0.429. The van der Waals surface area contributed by atoms with Gasteiger partial charge in [0.25, 0.3) is 0 Å². The number of carbonyl (C=O) groups excluding carboxylic acids is 2. The summed E-state index contributed by atoms with van der Waals surface area (Å²) in [6.07, 6.45) is -0.953. The van der Waals surface area contributed by atoms with E-state index in [-0.39, 0.29) is 6.42 Å². The number of hydrogen-bond donors (Lipinski definition) is 1. The molecule has 0 spiro atoms. The van der Waals surface area contributed by atoms with Crippen LogP contribution in [0.2, 0.25) is 0 Å². The molecule has 0 radical (unpaired) electrons. The molecule has 0 heterocycles. The van der Waals surface area contributed by atoms with E-state index >= 15 is 0 Å². The molecule has 5 nitrogen and oxygen atoms in total. The molecule has 0 aromatic heterocycles. The molecule has 1 N–H and O–H groups in total. The Labute approximate surface area is 112 Å². The summed E-state index contributed by atoms with van der Waals surface area (Å²) < 4.78 is 5.11. The van der Waals surface area contributed by atoms with Crippen LogP contribution in [0, 0.1) is 0 Å². The van der Waals surface area contributed by atoms with Crippen molar-refractivity contribution in [3.63, 3.8) is 0 Å². The molecule has 0 aliphatic rings. The maximum atomic E-state index is 11.7. The average Bonchev–Trinajstić information content (AvgIpc) is 2.26. The first-order chi connectivity index (χ1) is 8.78. The zero-order chi connectivity index (χ0) is 14.5. The van der Waals surface area contributed by atoms with Crippen molar-refractivity contribution in [2.45, 2.75) is 38.8 Å². The van der Waals surface area contributed by atoms with Crippen LogP contribution in [0.3, 0.4) is 0 Å². The minimum Gasteiger partial charge on any atom is -0.550 e. The van der Waals surface area contributed by atoms with Crippen molar-refractivity contribution in [3.8, 4) is 0 Å². The van der Waals surface area contributed by atoms with E-state index in [0.717, 1.165) is 0 Å². The molecule has 0 aliphatic heterocycles. The number of carboxylic acids is 1. The number of ether oxygens (including phenoxy) is 1. The molecule has 19 heavy (non-hydrogen) atoms. The first kappa shape index (κ1) is 15.0. The van der Waals surface area contributed by atoms with Crippen molar-refractivity contribution in [1.29, 1.82) is 0 Å². The smallest absolute Gasteiger partial charge is 0.408 e. The van der Waals surface area contributed by atoms with E-state index in [1.54, 1.807) is 45.0 Å². The van der Waals surface area contributed by atoms with Gasteiger partial charge in [-0.1, -0.05) is 30.3 Å². The molecular formula is C14H18NO4-. The van der Waals surface area contributed by atoms with Gasteiger partial charge in [0, 0.05) is 12.4 Å². The highest BCUT2D eigenvalue weighted by Crippen LogP contribution is 2.17. The molecule has 0 unspecified atom stereocenters. The number of carboxylic acid groups (broad SMARTS) is 1. The topological polar surface area (TPSA) is 78.5 Å². The maximum absolute atomic E-state index is 11.7. The number of carbonyl (C=O) groups is 2. The Balaban J connectivity index is 2.76. The number of amides is 1. The van der Waals surface area contributed by atoms with Gasteiger partial charge in [-0.05, 0) is 26.3 Å². The normalized spacial score (nSPS) is 12.6. The zero-order valence-electron chi connectivity index (χ0n) is 11.3. The average molecular weight is 264 g/mol. The summed E-state index contributed by atoms with van der Waals surface area (Å²) in [7, 11) is 0. The van der Waals surface area contributed by atoms with E-state index < -0.39 is 23.7 Å². The molecule has 0 saturated heterocycles. The van der Waals surface area contributed by atoms with Gasteiger partial charge in [-0.3, -0.25) is 0 Å². The van der Waals surface area contributed by atoms with Crippen molar-refractivity contribution in [3.05, 3.63) is 35.9 Å². The molecule has 1 rings (SSSR count). The van der Waals surface area contributed by atoms with Gasteiger partial charge in [0.05, 0.1) is 6.04 Å². The van der Waals surface area contributed by atoms with Crippen LogP contribution in [0.25, 0.3) is 0 Å². The maximum Gasteiger partial charge on any atom is 0.408 e. The lowest BCUT2D eigenvalue weighted by Gasteiger charge is -2.24. The Morgan fingerprint density at radius 1 is 1.26 bits per heavy atom. The Morgan fingerprint density at radius 3 is 2.32 bits per heavy atom. The Morgan fingerprint density at radius 2 is 1.84 bits per heavy atom. The van der Waals surface area contributed by atoms with Crippen LogP contribution >= 0.6 is 0 Å². The predicted molar refractivity (Wildman–Crippen MR) is 68.2 cm³/mol. The van der Waals surface area contributed by atoms with Crippen molar-refractivity contribution in [1.82, 2.24) is 5.32 Å². The van der Waals surface area contributed by atoms with Crippen LogP contribution in [0.5, 0.6) is 0 Å². The van der Waals surface area contributed by atoms with Crippen molar-refractivity contribution >= 4 is 12.1 Å². The van der Waals surface area contributed by atoms with Crippen LogP contribution in [-0.2, 0) is 9.53 Å². The van der Waals surface area contributed by atoms with Crippen LogP contribution in [-0.4, -0.2) is 17.7 Å². The van der Waals surface area contributed by atoms with E-state index in [4.69, 9.17) is 4.74 Å². The fourth-order valence-corrected chi connectivity index (χ4v) is 1.55. The minimum absolute atomic E-state index is 0.302. The monoisotopic (exact) mass is 264 g/mol. The van der Waals surface area contributed by atoms with Gasteiger partial charge in [0.2, 0.25) is 0 Å². The Hall–Kier alpha value is -2.04. The molecule has 1 aromatic carbocycles. The predicted octanol–water partition coefficient (Wildman–Crippen LogP) is 1.39. The highest BCUT2D eigenvalue weighted by molar-refractivity contribution is 5.71. The highest BCUT2D eigenvalue weighted by atomic mass is 16.6. The molecule has 5 heteroatoms. The van der Waals surface area contributed by atoms with Gasteiger partial charge >= 0.3 is 6.09 Å². The molecule has 0 aliphatic carbocycles. The third kappa shape index (κ3) is 5.90. The van der Waals surface area contributed by atoms with E-state index in [2.05, 4.69) is 5.32 Å². The van der Waals surface area contributed by atoms with Gasteiger partial charge < -0.3 is 20.0 Å². The molecule has 1 aromatic rings. The summed E-state index contributed by atoms with van der Waals surface area (Å²) in [6, 6.07) is 8.17. The van der Waals surface area contributed by atoms with Gasteiger partial charge in [-0.25, -0.2) is 4.79 Å². The Bertz CT molecular complexity index is 437. The highest BCUT2D eigenvalue weighted by Gasteiger charge is 2.20. The number of hydrogen-bond acceptors (Lipinski definition) is 4. The summed E-state index contributed by atoms with van der Waals surface area (Å²) in [5, 5.41) is 13.3. The van der Waals surface area contributed by atoms with E-state index in [9.17, 15) is 14.7 Å². The third-order valence-electron chi connectivity index (χ3n) is 2.26. The summed E-state index contributed by atoms with van der Waals surface area (Å²) >= 11 is 0. The van der Waals surface area contributed by atoms with Gasteiger partial charge in [-0.2, -0.15) is 0 Å². The molecule has 0 bridgehead atoms. The van der Waals surface area contributed by atoms with Crippen LogP contribution in [0.15, 0.2) is 30.3 Å². The summed E-state index contributed by atoms with van der Waals surface area (Å²) in [6.45, 7) is 5.22. The van der Waals surface area contributed by atoms with Crippen LogP contribution < -0.4 is 10.4 Å². The standard InChI is InChI=1S/C14H19NO4/c1-14(2,3)19-13(18)15-11(9-12(16)17)10-7-5-4-6-8-10/h4-8,11H,9H2,1-3H3,(H,15,18)(H,16,17)/p-1/t11-/m0/s1. The van der Waals surface area contributed by atoms with E-state index in [1.165, 1.54) is 0 Å². The first-order valence-electron chi connectivity index (χ1n) is 6.02. The summed E-state index contributed by atoms with van der Waals surface area (Å²) in [4.78, 5) is 22.4. The largest absolute Gasteiger partial charge is 0.550 e. The van der Waals surface area contributed by atoms with E-state index in [1.807, 2.05) is 6.07 Å². The van der Waals surface area contributed by atoms with Gasteiger partial charge in [0.1, 0.15) is 5.60 Å². The lowest BCUT2D eigenvalue weighted by Crippen LogP contribution is -2.37. The van der Waals surface area contributed by atoms with Crippen molar-refractivity contribution in [2.24, 2.45) is 0 Å². The lowest BCUT2D eigenvalue weighted by atomic mass is 10.0. The number of benzene rings is 1. The molecule has 1 atom stereocenters. The van der Waals surface area contributed by atoms with Crippen molar-refractivity contribution < 1.29 is 19.4 Å². The van der Waals surface area contributed by atoms with Crippen LogP contribution in [0.1, 0.15) is 38.8 Å². The lowest BCUT2D eigenvalue weighted by molar-refractivity contribution is -0.306. The second-order valence-corrected chi connectivity index (χ2v) is 5.19. The van der Waals surface area contributed by atoms with Gasteiger partial charge in [-0.15, -0.1) is 0 Å². The molecule has 1 amide bonds. The quantitative estimate of drug-likeness (QED) is 0.891. The second-order valence-electron chi connectivity index (χ2n) is 5.19. The van der Waals surface area contributed by atoms with Gasteiger partial charge in [0.15, 0.2) is 0 Å². The summed E-state index contributed by atoms with van der Waals surface area (Å²) in [5.41, 5.74) is 0.0600.